The zero-order chi connectivity index (χ0) is 12.8. The molecule has 0 radical (unpaired) electrons. The van der Waals surface area contributed by atoms with E-state index in [1.165, 1.54) is 0 Å². The quantitative estimate of drug-likeness (QED) is 0.652. The van der Waals surface area contributed by atoms with Crippen LogP contribution in [0.1, 0.15) is 12.5 Å². The van der Waals surface area contributed by atoms with E-state index in [4.69, 9.17) is 14.9 Å². The third kappa shape index (κ3) is 3.10. The van der Waals surface area contributed by atoms with Crippen molar-refractivity contribution >= 4 is 5.90 Å². The maximum Gasteiger partial charge on any atom is 0.213 e. The smallest absolute Gasteiger partial charge is 0.213 e. The van der Waals surface area contributed by atoms with E-state index in [0.29, 0.717) is 17.9 Å². The summed E-state index contributed by atoms with van der Waals surface area (Å²) >= 11 is 0. The van der Waals surface area contributed by atoms with Crippen molar-refractivity contribution in [3.05, 3.63) is 60.2 Å². The maximum atomic E-state index is 7.73. The minimum Gasteiger partial charge on any atom is -0.478 e. The fourth-order valence-electron chi connectivity index (χ4n) is 1.55. The molecule has 0 heterocycles. The Labute approximate surface area is 106 Å². The highest BCUT2D eigenvalue weighted by atomic mass is 16.5. The van der Waals surface area contributed by atoms with Crippen LogP contribution < -0.4 is 4.74 Å². The van der Waals surface area contributed by atoms with Gasteiger partial charge in [-0.05, 0) is 37.3 Å². The summed E-state index contributed by atoms with van der Waals surface area (Å²) in [6, 6.07) is 16.9. The monoisotopic (exact) mass is 241 g/mol. The van der Waals surface area contributed by atoms with Gasteiger partial charge >= 0.3 is 0 Å². The van der Waals surface area contributed by atoms with Gasteiger partial charge in [0.25, 0.3) is 0 Å². The summed E-state index contributed by atoms with van der Waals surface area (Å²) in [6.07, 6.45) is 0. The van der Waals surface area contributed by atoms with E-state index in [1.807, 2.05) is 55.5 Å². The van der Waals surface area contributed by atoms with Crippen molar-refractivity contribution in [3.8, 4) is 11.5 Å². The molecule has 0 bridgehead atoms. The first-order chi connectivity index (χ1) is 8.79. The molecule has 2 rings (SSSR count). The minimum atomic E-state index is 0.163. The van der Waals surface area contributed by atoms with E-state index in [0.717, 1.165) is 5.75 Å². The molecule has 1 N–H and O–H groups in total. The van der Waals surface area contributed by atoms with Crippen LogP contribution in [0.15, 0.2) is 54.6 Å². The first-order valence-corrected chi connectivity index (χ1v) is 5.84. The molecule has 3 nitrogen and oxygen atoms in total. The van der Waals surface area contributed by atoms with Gasteiger partial charge < -0.3 is 9.47 Å². The molecule has 18 heavy (non-hydrogen) atoms. The van der Waals surface area contributed by atoms with Crippen LogP contribution >= 0.6 is 0 Å². The maximum absolute atomic E-state index is 7.73. The number of nitrogens with one attached hydrogen (secondary N) is 1. The van der Waals surface area contributed by atoms with Crippen LogP contribution in [0.4, 0.5) is 0 Å². The molecular weight excluding hydrogens is 226 g/mol. The first-order valence-electron chi connectivity index (χ1n) is 5.84. The second kappa shape index (κ2) is 5.87. The van der Waals surface area contributed by atoms with Crippen LogP contribution in [-0.2, 0) is 4.74 Å². The van der Waals surface area contributed by atoms with E-state index < -0.39 is 0 Å². The summed E-state index contributed by atoms with van der Waals surface area (Å²) in [5, 5.41) is 7.73. The fourth-order valence-corrected chi connectivity index (χ4v) is 1.55. The Hall–Kier alpha value is -2.29. The lowest BCUT2D eigenvalue weighted by Crippen LogP contribution is -2.04. The van der Waals surface area contributed by atoms with Crippen LogP contribution in [0, 0.1) is 5.41 Å². The Morgan fingerprint density at radius 1 is 1.00 bits per heavy atom. The molecule has 0 aliphatic carbocycles. The van der Waals surface area contributed by atoms with Crippen molar-refractivity contribution in [2.45, 2.75) is 6.92 Å². The minimum absolute atomic E-state index is 0.163. The lowest BCUT2D eigenvalue weighted by Gasteiger charge is -2.08. The van der Waals surface area contributed by atoms with Crippen molar-refractivity contribution < 1.29 is 9.47 Å². The van der Waals surface area contributed by atoms with Crippen LogP contribution in [0.2, 0.25) is 0 Å². The highest BCUT2D eigenvalue weighted by Gasteiger charge is 2.04. The number of rotatable bonds is 4. The summed E-state index contributed by atoms with van der Waals surface area (Å²) < 4.78 is 10.9. The second-order valence-electron chi connectivity index (χ2n) is 3.71. The molecule has 0 saturated heterocycles. The van der Waals surface area contributed by atoms with Gasteiger partial charge in [0.2, 0.25) is 5.90 Å². The molecule has 0 saturated carbocycles. The third-order valence-electron chi connectivity index (χ3n) is 2.36. The Bertz CT molecular complexity index is 523. The molecule has 0 fully saturated rings. The molecule has 0 spiro atoms. The van der Waals surface area contributed by atoms with E-state index in [1.54, 1.807) is 6.07 Å². The normalized spacial score (nSPS) is 9.83. The van der Waals surface area contributed by atoms with Gasteiger partial charge in [-0.3, -0.25) is 5.41 Å². The van der Waals surface area contributed by atoms with Gasteiger partial charge in [0.1, 0.15) is 11.5 Å². The summed E-state index contributed by atoms with van der Waals surface area (Å²) in [4.78, 5) is 0. The summed E-state index contributed by atoms with van der Waals surface area (Å²) in [5.74, 6) is 1.64. The van der Waals surface area contributed by atoms with Crippen molar-refractivity contribution in [2.24, 2.45) is 0 Å². The number of hydrogen-bond acceptors (Lipinski definition) is 3. The van der Waals surface area contributed by atoms with Gasteiger partial charge in [0.15, 0.2) is 0 Å². The largest absolute Gasteiger partial charge is 0.478 e. The molecule has 2 aromatic rings. The van der Waals surface area contributed by atoms with Gasteiger partial charge in [-0.2, -0.15) is 0 Å². The van der Waals surface area contributed by atoms with E-state index in [-0.39, 0.29) is 5.90 Å². The third-order valence-corrected chi connectivity index (χ3v) is 2.36. The SMILES string of the molecule is CCOC(=N)c1cccc(Oc2ccccc2)c1. The van der Waals surface area contributed by atoms with Crippen molar-refractivity contribution in [3.63, 3.8) is 0 Å². The zero-order valence-corrected chi connectivity index (χ0v) is 10.2. The number of ether oxygens (including phenoxy) is 2. The molecule has 0 atom stereocenters. The first kappa shape index (κ1) is 12.2. The highest BCUT2D eigenvalue weighted by Crippen LogP contribution is 2.21. The average Bonchev–Trinajstić information content (AvgIpc) is 2.40. The average molecular weight is 241 g/mol. The number of benzene rings is 2. The molecule has 0 aliphatic rings. The molecule has 3 heteroatoms. The summed E-state index contributed by atoms with van der Waals surface area (Å²) in [6.45, 7) is 2.35. The van der Waals surface area contributed by atoms with Crippen LogP contribution in [0.5, 0.6) is 11.5 Å². The summed E-state index contributed by atoms with van der Waals surface area (Å²) in [5.41, 5.74) is 0.713. The Morgan fingerprint density at radius 2 is 1.72 bits per heavy atom. The molecular formula is C15H15NO2. The lowest BCUT2D eigenvalue weighted by molar-refractivity contribution is 0.325. The fraction of sp³-hybridized carbons (Fsp3) is 0.133. The van der Waals surface area contributed by atoms with Crippen molar-refractivity contribution in [2.75, 3.05) is 6.61 Å². The molecule has 92 valence electrons. The van der Waals surface area contributed by atoms with Gasteiger partial charge in [-0.25, -0.2) is 0 Å². The van der Waals surface area contributed by atoms with E-state index >= 15 is 0 Å². The van der Waals surface area contributed by atoms with Gasteiger partial charge in [-0.15, -0.1) is 0 Å². The Balaban J connectivity index is 2.15. The van der Waals surface area contributed by atoms with Gasteiger partial charge in [0, 0.05) is 5.56 Å². The van der Waals surface area contributed by atoms with Gasteiger partial charge in [0.05, 0.1) is 6.61 Å². The van der Waals surface area contributed by atoms with Crippen LogP contribution in [0.25, 0.3) is 0 Å². The topological polar surface area (TPSA) is 42.3 Å². The lowest BCUT2D eigenvalue weighted by atomic mass is 10.2. The Kier molecular flexibility index (Phi) is 3.97. The molecule has 0 aromatic heterocycles. The summed E-state index contributed by atoms with van der Waals surface area (Å²) in [7, 11) is 0. The molecule has 0 unspecified atom stereocenters. The second-order valence-corrected chi connectivity index (χ2v) is 3.71. The molecule has 2 aromatic carbocycles. The number of para-hydroxylation sites is 1. The predicted molar refractivity (Wildman–Crippen MR) is 71.4 cm³/mol. The van der Waals surface area contributed by atoms with Crippen LogP contribution in [-0.4, -0.2) is 12.5 Å². The van der Waals surface area contributed by atoms with Crippen molar-refractivity contribution in [1.29, 1.82) is 5.41 Å². The molecule has 0 amide bonds. The van der Waals surface area contributed by atoms with Crippen molar-refractivity contribution in [1.82, 2.24) is 0 Å². The van der Waals surface area contributed by atoms with Crippen LogP contribution in [0.3, 0.4) is 0 Å². The zero-order valence-electron chi connectivity index (χ0n) is 10.2. The van der Waals surface area contributed by atoms with E-state index in [2.05, 4.69) is 0 Å². The van der Waals surface area contributed by atoms with E-state index in [9.17, 15) is 0 Å². The Morgan fingerprint density at radius 3 is 2.44 bits per heavy atom. The number of hydrogen-bond donors (Lipinski definition) is 1. The van der Waals surface area contributed by atoms with Gasteiger partial charge in [-0.1, -0.05) is 24.3 Å². The standard InChI is InChI=1S/C15H15NO2/c1-2-17-15(16)12-7-6-10-14(11-12)18-13-8-4-3-5-9-13/h3-11,16H,2H2,1H3. The highest BCUT2D eigenvalue weighted by molar-refractivity contribution is 5.91. The molecule has 0 aliphatic heterocycles. The predicted octanol–water partition coefficient (Wildman–Crippen LogP) is 3.84.